The molecule has 100 valence electrons. The molecule has 2 unspecified atom stereocenters. The van der Waals surface area contributed by atoms with Gasteiger partial charge in [-0.2, -0.15) is 4.98 Å². The first kappa shape index (κ1) is 12.3. The van der Waals surface area contributed by atoms with Gasteiger partial charge < -0.3 is 9.84 Å². The highest BCUT2D eigenvalue weighted by Gasteiger charge is 2.27. The second-order valence-electron chi connectivity index (χ2n) is 5.01. The van der Waals surface area contributed by atoms with Crippen molar-refractivity contribution >= 4 is 0 Å². The molecule has 5 heteroatoms. The van der Waals surface area contributed by atoms with Gasteiger partial charge in [0.2, 0.25) is 6.39 Å². The normalized spacial score (nSPS) is 24.5. The molecule has 1 saturated heterocycles. The van der Waals surface area contributed by atoms with E-state index in [1.54, 1.807) is 0 Å². The molecule has 0 spiro atoms. The van der Waals surface area contributed by atoms with Crippen LogP contribution in [0.4, 0.5) is 0 Å². The van der Waals surface area contributed by atoms with Crippen molar-refractivity contribution in [1.82, 2.24) is 20.4 Å². The first-order valence-electron chi connectivity index (χ1n) is 6.60. The second kappa shape index (κ2) is 5.50. The first-order valence-corrected chi connectivity index (χ1v) is 6.60. The molecule has 1 aromatic carbocycles. The van der Waals surface area contributed by atoms with Crippen molar-refractivity contribution in [2.45, 2.75) is 25.6 Å². The van der Waals surface area contributed by atoms with Crippen LogP contribution >= 0.6 is 0 Å². The fourth-order valence-corrected chi connectivity index (χ4v) is 2.61. The number of aromatic nitrogens is 2. The average Bonchev–Trinajstić information content (AvgIpc) is 2.93. The van der Waals surface area contributed by atoms with E-state index in [1.807, 2.05) is 6.07 Å². The van der Waals surface area contributed by atoms with Crippen molar-refractivity contribution < 1.29 is 4.52 Å². The van der Waals surface area contributed by atoms with Crippen LogP contribution in [0, 0.1) is 0 Å². The highest BCUT2D eigenvalue weighted by atomic mass is 16.5. The second-order valence-corrected chi connectivity index (χ2v) is 5.01. The minimum Gasteiger partial charge on any atom is -0.343 e. The molecule has 0 bridgehead atoms. The van der Waals surface area contributed by atoms with Crippen LogP contribution in [-0.2, 0) is 6.54 Å². The van der Waals surface area contributed by atoms with E-state index in [0.717, 1.165) is 25.5 Å². The zero-order valence-corrected chi connectivity index (χ0v) is 11.0. The molecule has 1 aromatic heterocycles. The van der Waals surface area contributed by atoms with Crippen LogP contribution in [0.25, 0.3) is 0 Å². The van der Waals surface area contributed by atoms with Crippen molar-refractivity contribution in [3.05, 3.63) is 48.1 Å². The molecule has 3 rings (SSSR count). The van der Waals surface area contributed by atoms with E-state index in [-0.39, 0.29) is 0 Å². The van der Waals surface area contributed by atoms with Crippen LogP contribution in [0.15, 0.2) is 41.2 Å². The SMILES string of the molecule is CC1CN(Cc2ncon2)C(c2ccccc2)CN1. The summed E-state index contributed by atoms with van der Waals surface area (Å²) in [6, 6.07) is 11.4. The fraction of sp³-hybridized carbons (Fsp3) is 0.429. The van der Waals surface area contributed by atoms with E-state index in [9.17, 15) is 0 Å². The topological polar surface area (TPSA) is 54.2 Å². The predicted octanol–water partition coefficient (Wildman–Crippen LogP) is 1.60. The van der Waals surface area contributed by atoms with Gasteiger partial charge >= 0.3 is 0 Å². The van der Waals surface area contributed by atoms with Crippen LogP contribution in [0.2, 0.25) is 0 Å². The molecule has 1 aliphatic rings. The summed E-state index contributed by atoms with van der Waals surface area (Å²) in [5.41, 5.74) is 1.32. The van der Waals surface area contributed by atoms with E-state index in [2.05, 4.69) is 51.5 Å². The lowest BCUT2D eigenvalue weighted by Crippen LogP contribution is -2.50. The Morgan fingerprint density at radius 2 is 2.21 bits per heavy atom. The maximum atomic E-state index is 4.82. The molecule has 1 fully saturated rings. The Kier molecular flexibility index (Phi) is 3.57. The molecule has 0 aliphatic carbocycles. The molecule has 2 aromatic rings. The molecule has 0 saturated carbocycles. The van der Waals surface area contributed by atoms with Gasteiger partial charge in [0.1, 0.15) is 0 Å². The van der Waals surface area contributed by atoms with E-state index >= 15 is 0 Å². The predicted molar refractivity (Wildman–Crippen MR) is 71.4 cm³/mol. The first-order chi connectivity index (χ1) is 9.33. The Morgan fingerprint density at radius 3 is 2.95 bits per heavy atom. The number of nitrogens with zero attached hydrogens (tertiary/aromatic N) is 3. The van der Waals surface area contributed by atoms with Gasteiger partial charge in [0.15, 0.2) is 5.82 Å². The average molecular weight is 258 g/mol. The van der Waals surface area contributed by atoms with Gasteiger partial charge in [-0.15, -0.1) is 0 Å². The molecular weight excluding hydrogens is 240 g/mol. The Bertz CT molecular complexity index is 499. The van der Waals surface area contributed by atoms with E-state index in [0.29, 0.717) is 12.1 Å². The molecule has 2 heterocycles. The van der Waals surface area contributed by atoms with Crippen LogP contribution in [0.5, 0.6) is 0 Å². The summed E-state index contributed by atoms with van der Waals surface area (Å²) in [4.78, 5) is 6.53. The molecule has 5 nitrogen and oxygen atoms in total. The number of hydrogen-bond acceptors (Lipinski definition) is 5. The summed E-state index contributed by atoms with van der Waals surface area (Å²) >= 11 is 0. The van der Waals surface area contributed by atoms with E-state index in [1.165, 1.54) is 12.0 Å². The van der Waals surface area contributed by atoms with Gasteiger partial charge in [-0.05, 0) is 12.5 Å². The Balaban J connectivity index is 1.80. The summed E-state index contributed by atoms with van der Waals surface area (Å²) in [6.07, 6.45) is 1.39. The summed E-state index contributed by atoms with van der Waals surface area (Å²) in [5, 5.41) is 7.45. The number of benzene rings is 1. The fourth-order valence-electron chi connectivity index (χ4n) is 2.61. The molecule has 0 amide bonds. The van der Waals surface area contributed by atoms with Gasteiger partial charge in [-0.25, -0.2) is 0 Å². The summed E-state index contributed by atoms with van der Waals surface area (Å²) in [5.74, 6) is 0.745. The zero-order chi connectivity index (χ0) is 13.1. The van der Waals surface area contributed by atoms with Crippen LogP contribution in [-0.4, -0.2) is 34.2 Å². The largest absolute Gasteiger partial charge is 0.343 e. The van der Waals surface area contributed by atoms with Crippen molar-refractivity contribution in [2.24, 2.45) is 0 Å². The lowest BCUT2D eigenvalue weighted by molar-refractivity contribution is 0.123. The quantitative estimate of drug-likeness (QED) is 0.906. The number of hydrogen-bond donors (Lipinski definition) is 1. The number of piperazine rings is 1. The molecular formula is C14H18N4O. The highest BCUT2D eigenvalue weighted by Crippen LogP contribution is 2.24. The van der Waals surface area contributed by atoms with E-state index < -0.39 is 0 Å². The lowest BCUT2D eigenvalue weighted by atomic mass is 10.0. The van der Waals surface area contributed by atoms with Gasteiger partial charge in [0.25, 0.3) is 0 Å². The van der Waals surface area contributed by atoms with Crippen LogP contribution in [0.1, 0.15) is 24.4 Å². The maximum Gasteiger partial charge on any atom is 0.213 e. The maximum absolute atomic E-state index is 4.82. The number of nitrogens with one attached hydrogen (secondary N) is 1. The van der Waals surface area contributed by atoms with Gasteiger partial charge in [0.05, 0.1) is 6.54 Å². The van der Waals surface area contributed by atoms with E-state index in [4.69, 9.17) is 4.52 Å². The molecule has 2 atom stereocenters. The summed E-state index contributed by atoms with van der Waals surface area (Å²) in [7, 11) is 0. The van der Waals surface area contributed by atoms with Crippen LogP contribution < -0.4 is 5.32 Å². The lowest BCUT2D eigenvalue weighted by Gasteiger charge is -2.39. The Hall–Kier alpha value is -1.72. The summed E-state index contributed by atoms with van der Waals surface area (Å²) < 4.78 is 4.82. The minimum absolute atomic E-state index is 0.357. The molecule has 1 aliphatic heterocycles. The van der Waals surface area contributed by atoms with Crippen LogP contribution in [0.3, 0.4) is 0 Å². The number of rotatable bonds is 3. The third-order valence-electron chi connectivity index (χ3n) is 3.54. The van der Waals surface area contributed by atoms with Gasteiger partial charge in [-0.3, -0.25) is 4.90 Å². The van der Waals surface area contributed by atoms with Crippen molar-refractivity contribution in [3.8, 4) is 0 Å². The third-order valence-corrected chi connectivity index (χ3v) is 3.54. The Morgan fingerprint density at radius 1 is 1.37 bits per heavy atom. The zero-order valence-electron chi connectivity index (χ0n) is 11.0. The molecule has 1 N–H and O–H groups in total. The highest BCUT2D eigenvalue weighted by molar-refractivity contribution is 5.20. The third kappa shape index (κ3) is 2.83. The van der Waals surface area contributed by atoms with Crippen molar-refractivity contribution in [2.75, 3.05) is 13.1 Å². The minimum atomic E-state index is 0.357. The van der Waals surface area contributed by atoms with Gasteiger partial charge in [-0.1, -0.05) is 35.5 Å². The standard InChI is InChI=1S/C14H18N4O/c1-11-8-18(9-14-16-10-19-17-14)13(7-15-11)12-5-3-2-4-6-12/h2-6,10-11,13,15H,7-9H2,1H3. The summed E-state index contributed by atoms with van der Waals surface area (Å²) in [6.45, 7) is 4.85. The van der Waals surface area contributed by atoms with Crippen molar-refractivity contribution in [3.63, 3.8) is 0 Å². The monoisotopic (exact) mass is 258 g/mol. The van der Waals surface area contributed by atoms with Crippen molar-refractivity contribution in [1.29, 1.82) is 0 Å². The molecule has 19 heavy (non-hydrogen) atoms. The Labute approximate surface area is 112 Å². The smallest absolute Gasteiger partial charge is 0.213 e. The molecule has 0 radical (unpaired) electrons. The van der Waals surface area contributed by atoms with Gasteiger partial charge in [0, 0.05) is 25.2 Å².